The van der Waals surface area contributed by atoms with Gasteiger partial charge in [-0.3, -0.25) is 14.4 Å². The molecule has 1 aromatic rings. The van der Waals surface area contributed by atoms with Crippen molar-refractivity contribution < 1.29 is 24.3 Å². The summed E-state index contributed by atoms with van der Waals surface area (Å²) in [5.41, 5.74) is 12.0. The second-order valence-corrected chi connectivity index (χ2v) is 8.55. The van der Waals surface area contributed by atoms with Crippen LogP contribution in [0.2, 0.25) is 0 Å². The highest BCUT2D eigenvalue weighted by molar-refractivity contribution is 7.80. The van der Waals surface area contributed by atoms with Crippen LogP contribution in [-0.2, 0) is 25.6 Å². The number of thiol groups is 1. The third-order valence-corrected chi connectivity index (χ3v) is 5.87. The number of unbranched alkanes of at least 4 members (excludes halogenated alkanes) is 1. The van der Waals surface area contributed by atoms with Gasteiger partial charge in [0.25, 0.3) is 0 Å². The SMILES string of the molecule is CCC(C)C(NC(=O)C(CS)NC(=O)C(N)Cc1cnc[nH]1)C(=O)NC(CCCCN)C(=O)O. The van der Waals surface area contributed by atoms with Gasteiger partial charge in [0.2, 0.25) is 17.7 Å². The Bertz CT molecular complexity index is 792. The minimum absolute atomic E-state index is 0.0277. The van der Waals surface area contributed by atoms with Gasteiger partial charge in [-0.2, -0.15) is 12.6 Å². The molecule has 13 heteroatoms. The Balaban J connectivity index is 2.81. The number of H-pyrrole nitrogens is 1. The van der Waals surface area contributed by atoms with Crippen LogP contribution in [0.1, 0.15) is 45.2 Å². The van der Waals surface area contributed by atoms with E-state index in [4.69, 9.17) is 11.5 Å². The van der Waals surface area contributed by atoms with Crippen LogP contribution in [0.25, 0.3) is 0 Å². The van der Waals surface area contributed by atoms with Crippen molar-refractivity contribution in [1.82, 2.24) is 25.9 Å². The van der Waals surface area contributed by atoms with Gasteiger partial charge in [0.1, 0.15) is 18.1 Å². The molecule has 5 atom stereocenters. The summed E-state index contributed by atoms with van der Waals surface area (Å²) in [4.78, 5) is 56.5. The van der Waals surface area contributed by atoms with Crippen LogP contribution in [0.4, 0.5) is 0 Å². The molecule has 0 aliphatic carbocycles. The van der Waals surface area contributed by atoms with Crippen molar-refractivity contribution in [2.75, 3.05) is 12.3 Å². The Morgan fingerprint density at radius 2 is 1.79 bits per heavy atom. The summed E-state index contributed by atoms with van der Waals surface area (Å²) >= 11 is 4.15. The third-order valence-electron chi connectivity index (χ3n) is 5.50. The number of aliphatic carboxylic acids is 1. The Kier molecular flexibility index (Phi) is 13.2. The van der Waals surface area contributed by atoms with E-state index in [1.165, 1.54) is 6.33 Å². The average molecular weight is 500 g/mol. The molecule has 0 bridgehead atoms. The van der Waals surface area contributed by atoms with Crippen molar-refractivity contribution >= 4 is 36.3 Å². The maximum absolute atomic E-state index is 12.9. The van der Waals surface area contributed by atoms with Crippen molar-refractivity contribution in [2.45, 2.75) is 70.1 Å². The number of hydrogen-bond acceptors (Lipinski definition) is 8. The number of nitrogens with two attached hydrogens (primary N) is 2. The standard InChI is InChI=1S/C21H37N7O5S/c1-3-12(2)17(20(31)26-15(21(32)33)6-4-5-7-22)28-19(30)16(10-34)27-18(29)14(23)8-13-9-24-11-25-13/h9,11-12,14-17,34H,3-8,10,22-23H2,1-2H3,(H,24,25)(H,26,31)(H,27,29)(H,28,30)(H,32,33). The van der Waals surface area contributed by atoms with Gasteiger partial charge in [0, 0.05) is 24.1 Å². The maximum atomic E-state index is 12.9. The molecule has 9 N–H and O–H groups in total. The van der Waals surface area contributed by atoms with Crippen molar-refractivity contribution in [2.24, 2.45) is 17.4 Å². The lowest BCUT2D eigenvalue weighted by molar-refractivity contribution is -0.142. The summed E-state index contributed by atoms with van der Waals surface area (Å²) in [7, 11) is 0. The number of carbonyl (C=O) groups is 4. The molecule has 3 amide bonds. The zero-order valence-corrected chi connectivity index (χ0v) is 20.5. The summed E-state index contributed by atoms with van der Waals surface area (Å²) in [6.45, 7) is 4.04. The van der Waals surface area contributed by atoms with Gasteiger partial charge in [-0.15, -0.1) is 0 Å². The molecule has 0 saturated heterocycles. The molecule has 1 heterocycles. The van der Waals surface area contributed by atoms with Gasteiger partial charge in [-0.05, 0) is 31.7 Å². The van der Waals surface area contributed by atoms with Crippen LogP contribution < -0.4 is 27.4 Å². The van der Waals surface area contributed by atoms with E-state index >= 15 is 0 Å². The van der Waals surface area contributed by atoms with E-state index in [0.29, 0.717) is 31.5 Å². The van der Waals surface area contributed by atoms with Crippen LogP contribution in [0.15, 0.2) is 12.5 Å². The predicted molar refractivity (Wildman–Crippen MR) is 130 cm³/mol. The summed E-state index contributed by atoms with van der Waals surface area (Å²) in [6.07, 6.45) is 5.17. The Labute approximate surface area is 204 Å². The largest absolute Gasteiger partial charge is 0.480 e. The number of carboxylic acids is 1. The summed E-state index contributed by atoms with van der Waals surface area (Å²) in [5, 5.41) is 17.1. The van der Waals surface area contributed by atoms with Gasteiger partial charge in [-0.25, -0.2) is 9.78 Å². The fourth-order valence-corrected chi connectivity index (χ4v) is 3.42. The van der Waals surface area contributed by atoms with Crippen molar-refractivity contribution in [1.29, 1.82) is 0 Å². The summed E-state index contributed by atoms with van der Waals surface area (Å²) in [6, 6.07) is -4.05. The molecule has 5 unspecified atom stereocenters. The molecule has 1 rings (SSSR count). The molecule has 0 spiro atoms. The minimum Gasteiger partial charge on any atom is -0.480 e. The van der Waals surface area contributed by atoms with Crippen molar-refractivity contribution in [3.63, 3.8) is 0 Å². The van der Waals surface area contributed by atoms with Crippen LogP contribution in [0, 0.1) is 5.92 Å². The fourth-order valence-electron chi connectivity index (χ4n) is 3.17. The molecule has 0 aliphatic rings. The first-order valence-corrected chi connectivity index (χ1v) is 11.9. The first-order valence-electron chi connectivity index (χ1n) is 11.3. The van der Waals surface area contributed by atoms with E-state index in [0.717, 1.165) is 0 Å². The van der Waals surface area contributed by atoms with E-state index < -0.39 is 47.9 Å². The van der Waals surface area contributed by atoms with Gasteiger partial charge in [0.05, 0.1) is 12.4 Å². The van der Waals surface area contributed by atoms with E-state index in [2.05, 4.69) is 38.5 Å². The maximum Gasteiger partial charge on any atom is 0.326 e. The predicted octanol–water partition coefficient (Wildman–Crippen LogP) is -1.08. The molecule has 0 aromatic carbocycles. The first-order chi connectivity index (χ1) is 16.1. The highest BCUT2D eigenvalue weighted by Crippen LogP contribution is 2.10. The molecule has 34 heavy (non-hydrogen) atoms. The Morgan fingerprint density at radius 1 is 1.12 bits per heavy atom. The van der Waals surface area contributed by atoms with Crippen molar-refractivity contribution in [3.05, 3.63) is 18.2 Å². The van der Waals surface area contributed by atoms with Crippen LogP contribution in [-0.4, -0.2) is 75.2 Å². The number of nitrogens with zero attached hydrogens (tertiary/aromatic N) is 1. The monoisotopic (exact) mass is 499 g/mol. The lowest BCUT2D eigenvalue weighted by Crippen LogP contribution is -2.59. The molecule has 0 fully saturated rings. The van der Waals surface area contributed by atoms with Gasteiger partial charge in [-0.1, -0.05) is 20.3 Å². The molecule has 0 aliphatic heterocycles. The molecule has 0 saturated carbocycles. The first kappa shape index (κ1) is 29.4. The van der Waals surface area contributed by atoms with Crippen LogP contribution >= 0.6 is 12.6 Å². The molecule has 1 aromatic heterocycles. The van der Waals surface area contributed by atoms with E-state index in [1.807, 2.05) is 6.92 Å². The quantitative estimate of drug-likeness (QED) is 0.103. The number of carbonyl (C=O) groups excluding carboxylic acids is 3. The number of aromatic amines is 1. The smallest absolute Gasteiger partial charge is 0.326 e. The lowest BCUT2D eigenvalue weighted by Gasteiger charge is -2.27. The minimum atomic E-state index is -1.16. The number of aromatic nitrogens is 2. The second-order valence-electron chi connectivity index (χ2n) is 8.19. The fraction of sp³-hybridized carbons (Fsp3) is 0.667. The summed E-state index contributed by atoms with van der Waals surface area (Å²) in [5.74, 6) is -3.26. The van der Waals surface area contributed by atoms with Gasteiger partial charge < -0.3 is 37.5 Å². The number of amides is 3. The van der Waals surface area contributed by atoms with E-state index in [-0.39, 0.29) is 24.5 Å². The van der Waals surface area contributed by atoms with Gasteiger partial charge in [0.15, 0.2) is 0 Å². The van der Waals surface area contributed by atoms with E-state index in [9.17, 15) is 24.3 Å². The van der Waals surface area contributed by atoms with Gasteiger partial charge >= 0.3 is 5.97 Å². The highest BCUT2D eigenvalue weighted by Gasteiger charge is 2.32. The third kappa shape index (κ3) is 9.69. The molecule has 192 valence electrons. The second kappa shape index (κ2) is 15.3. The molecular weight excluding hydrogens is 462 g/mol. The number of hydrogen-bond donors (Lipinski definition) is 8. The van der Waals surface area contributed by atoms with Crippen LogP contribution in [0.5, 0.6) is 0 Å². The zero-order chi connectivity index (χ0) is 25.7. The number of carboxylic acid groups (broad SMARTS) is 1. The molecular formula is C21H37N7O5S. The Morgan fingerprint density at radius 3 is 2.32 bits per heavy atom. The van der Waals surface area contributed by atoms with E-state index in [1.54, 1.807) is 13.1 Å². The average Bonchev–Trinajstić information content (AvgIpc) is 3.32. The van der Waals surface area contributed by atoms with Crippen molar-refractivity contribution in [3.8, 4) is 0 Å². The Hall–Kier alpha value is -2.64. The molecule has 0 radical (unpaired) electrons. The highest BCUT2D eigenvalue weighted by atomic mass is 32.1. The topological polar surface area (TPSA) is 205 Å². The zero-order valence-electron chi connectivity index (χ0n) is 19.6. The normalized spacial score (nSPS) is 15.4. The molecule has 12 nitrogen and oxygen atoms in total. The lowest BCUT2D eigenvalue weighted by atomic mass is 9.97. The van der Waals surface area contributed by atoms with Crippen LogP contribution in [0.3, 0.4) is 0 Å². The number of nitrogens with one attached hydrogen (secondary N) is 4. The number of rotatable bonds is 16. The number of imidazole rings is 1. The summed E-state index contributed by atoms with van der Waals surface area (Å²) < 4.78 is 0.